The van der Waals surface area contributed by atoms with E-state index in [4.69, 9.17) is 17.3 Å². The number of fused-ring (bicyclic) bond motifs is 2. The minimum Gasteiger partial charge on any atom is -0.404 e. The van der Waals surface area contributed by atoms with E-state index >= 15 is 0 Å². The van der Waals surface area contributed by atoms with E-state index in [9.17, 15) is 13.6 Å². The number of halogens is 3. The summed E-state index contributed by atoms with van der Waals surface area (Å²) in [7, 11) is 1.72. The Bertz CT molecular complexity index is 1490. The second kappa shape index (κ2) is 10.9. The number of nitrogens with zero attached hydrogens (tertiary/aromatic N) is 3. The number of anilines is 2. The summed E-state index contributed by atoms with van der Waals surface area (Å²) in [6, 6.07) is 9.04. The smallest absolute Gasteiger partial charge is 0.264 e. The van der Waals surface area contributed by atoms with Gasteiger partial charge < -0.3 is 20.5 Å². The number of nitrogens with one attached hydrogen (secondary N) is 1. The lowest BCUT2D eigenvalue weighted by molar-refractivity contribution is 0.151. The molecule has 1 aromatic heterocycles. The fourth-order valence-electron chi connectivity index (χ4n) is 5.56. The number of aromatic nitrogens is 1. The Kier molecular flexibility index (Phi) is 7.54. The lowest BCUT2D eigenvalue weighted by Crippen LogP contribution is -2.29. The molecule has 9 heteroatoms. The maximum atomic E-state index is 14.5. The van der Waals surface area contributed by atoms with Gasteiger partial charge in [0.15, 0.2) is 0 Å². The van der Waals surface area contributed by atoms with Crippen LogP contribution in [0.2, 0.25) is 5.02 Å². The van der Waals surface area contributed by atoms with Crippen molar-refractivity contribution in [3.8, 4) is 0 Å². The summed E-state index contributed by atoms with van der Waals surface area (Å²) in [5.41, 5.74) is 10.4. The van der Waals surface area contributed by atoms with Crippen molar-refractivity contribution >= 4 is 45.7 Å². The summed E-state index contributed by atoms with van der Waals surface area (Å²) < 4.78 is 30.6. The van der Waals surface area contributed by atoms with Gasteiger partial charge in [0.1, 0.15) is 0 Å². The molecule has 0 radical (unpaired) electrons. The molecule has 2 aliphatic rings. The van der Waals surface area contributed by atoms with Crippen LogP contribution in [-0.4, -0.2) is 36.5 Å². The number of rotatable bonds is 5. The molecule has 0 saturated carbocycles. The maximum absolute atomic E-state index is 14.5. The molecule has 200 valence electrons. The standard InChI is InChI=1S/C29H32ClF2N5O/c1-17-10-24-26(36(2)29(17)38)12-20(30)13-27(24)37-9-3-4-18-11-22(23(28(31)32)14-25(18)37)19(15-33)16-35-21-5-7-34-8-6-21/h10-16,21,28,34H,3-9,33H2,1-2H3/b19-15+,35-16?. The molecule has 0 spiro atoms. The SMILES string of the molecule is Cc1cc2c(N3CCCc4cc(/C(C=NC5CCNCC5)=C/N)c(C(F)F)cc43)cc(Cl)cc2n(C)c1=O. The Labute approximate surface area is 225 Å². The molecule has 0 amide bonds. The average Bonchev–Trinajstić information content (AvgIpc) is 2.92. The van der Waals surface area contributed by atoms with Gasteiger partial charge in [-0.05, 0) is 87.2 Å². The second-order valence-corrected chi connectivity index (χ2v) is 10.5. The molecule has 0 aliphatic carbocycles. The van der Waals surface area contributed by atoms with Crippen LogP contribution in [0.4, 0.5) is 20.2 Å². The van der Waals surface area contributed by atoms with E-state index in [0.717, 1.165) is 61.1 Å². The van der Waals surface area contributed by atoms with E-state index in [0.29, 0.717) is 33.8 Å². The number of allylic oxidation sites excluding steroid dienone is 1. The quantitative estimate of drug-likeness (QED) is 0.411. The predicted molar refractivity (Wildman–Crippen MR) is 152 cm³/mol. The molecule has 3 aromatic rings. The van der Waals surface area contributed by atoms with Gasteiger partial charge in [0.25, 0.3) is 12.0 Å². The summed E-state index contributed by atoms with van der Waals surface area (Å²) in [5, 5.41) is 4.63. The zero-order valence-electron chi connectivity index (χ0n) is 21.6. The number of alkyl halides is 2. The molecule has 38 heavy (non-hydrogen) atoms. The van der Waals surface area contributed by atoms with Crippen molar-refractivity contribution in [1.29, 1.82) is 0 Å². The van der Waals surface area contributed by atoms with Gasteiger partial charge in [-0.15, -0.1) is 0 Å². The molecule has 2 aliphatic heterocycles. The second-order valence-electron chi connectivity index (χ2n) is 10.1. The van der Waals surface area contributed by atoms with Gasteiger partial charge in [-0.2, -0.15) is 0 Å². The fourth-order valence-corrected chi connectivity index (χ4v) is 5.77. The highest BCUT2D eigenvalue weighted by Gasteiger charge is 2.26. The van der Waals surface area contributed by atoms with Gasteiger partial charge in [-0.1, -0.05) is 11.6 Å². The lowest BCUT2D eigenvalue weighted by Gasteiger charge is -2.34. The number of pyridine rings is 1. The van der Waals surface area contributed by atoms with Crippen LogP contribution in [0, 0.1) is 6.92 Å². The van der Waals surface area contributed by atoms with E-state index in [1.807, 2.05) is 23.1 Å². The fraction of sp³-hybridized carbons (Fsp3) is 0.379. The van der Waals surface area contributed by atoms with Crippen molar-refractivity contribution in [3.63, 3.8) is 0 Å². The van der Waals surface area contributed by atoms with Crippen LogP contribution in [0.25, 0.3) is 16.5 Å². The van der Waals surface area contributed by atoms with Crippen molar-refractivity contribution in [2.75, 3.05) is 24.5 Å². The van der Waals surface area contributed by atoms with Gasteiger partial charge in [0.2, 0.25) is 0 Å². The molecule has 0 atom stereocenters. The average molecular weight is 540 g/mol. The molecule has 6 nitrogen and oxygen atoms in total. The van der Waals surface area contributed by atoms with Crippen molar-refractivity contribution in [1.82, 2.24) is 9.88 Å². The molecule has 5 rings (SSSR count). The van der Waals surface area contributed by atoms with Crippen LogP contribution in [0.15, 0.2) is 46.3 Å². The topological polar surface area (TPSA) is 75.7 Å². The van der Waals surface area contributed by atoms with Crippen molar-refractivity contribution in [2.24, 2.45) is 17.8 Å². The zero-order valence-corrected chi connectivity index (χ0v) is 22.4. The minimum absolute atomic E-state index is 0.0842. The monoisotopic (exact) mass is 539 g/mol. The Balaban J connectivity index is 1.62. The number of aliphatic imine (C=N–C) groups is 1. The van der Waals surface area contributed by atoms with Crippen LogP contribution in [-0.2, 0) is 13.5 Å². The first-order valence-electron chi connectivity index (χ1n) is 13.0. The van der Waals surface area contributed by atoms with Gasteiger partial charge >= 0.3 is 0 Å². The lowest BCUT2D eigenvalue weighted by atomic mass is 9.91. The highest BCUT2D eigenvalue weighted by Crippen LogP contribution is 2.42. The molecule has 0 bridgehead atoms. The predicted octanol–water partition coefficient (Wildman–Crippen LogP) is 5.64. The number of benzene rings is 2. The Morgan fingerprint density at radius 1 is 1.18 bits per heavy atom. The van der Waals surface area contributed by atoms with E-state index < -0.39 is 6.43 Å². The van der Waals surface area contributed by atoms with E-state index in [1.165, 1.54) is 6.20 Å². The molecule has 2 aromatic carbocycles. The molecule has 3 heterocycles. The number of aryl methyl sites for hydroxylation is 3. The van der Waals surface area contributed by atoms with E-state index in [2.05, 4.69) is 10.3 Å². The Morgan fingerprint density at radius 2 is 1.95 bits per heavy atom. The summed E-state index contributed by atoms with van der Waals surface area (Å²) in [5.74, 6) is 0. The zero-order chi connectivity index (χ0) is 27.0. The normalized spacial score (nSPS) is 17.1. The van der Waals surface area contributed by atoms with Crippen molar-refractivity contribution < 1.29 is 8.78 Å². The van der Waals surface area contributed by atoms with Crippen LogP contribution in [0.5, 0.6) is 0 Å². The van der Waals surface area contributed by atoms with E-state index in [-0.39, 0.29) is 17.2 Å². The summed E-state index contributed by atoms with van der Waals surface area (Å²) in [6.45, 7) is 4.21. The van der Waals surface area contributed by atoms with E-state index in [1.54, 1.807) is 36.9 Å². The number of nitrogens with two attached hydrogens (primary N) is 1. The molecular weight excluding hydrogens is 508 g/mol. The number of hydrogen-bond donors (Lipinski definition) is 2. The van der Waals surface area contributed by atoms with Gasteiger partial charge in [-0.25, -0.2) is 8.78 Å². The molecule has 0 unspecified atom stereocenters. The molecule has 1 fully saturated rings. The van der Waals surface area contributed by atoms with Crippen LogP contribution in [0.3, 0.4) is 0 Å². The largest absolute Gasteiger partial charge is 0.404 e. The van der Waals surface area contributed by atoms with Gasteiger partial charge in [0, 0.05) is 58.8 Å². The highest BCUT2D eigenvalue weighted by molar-refractivity contribution is 6.32. The number of hydrogen-bond acceptors (Lipinski definition) is 5. The molecule has 3 N–H and O–H groups in total. The van der Waals surface area contributed by atoms with Crippen molar-refractivity contribution in [3.05, 3.63) is 74.2 Å². The van der Waals surface area contributed by atoms with Gasteiger partial charge in [-0.3, -0.25) is 9.79 Å². The Hall–Kier alpha value is -3.23. The Morgan fingerprint density at radius 3 is 2.66 bits per heavy atom. The first kappa shape index (κ1) is 26.4. The van der Waals surface area contributed by atoms with Crippen LogP contribution < -0.4 is 21.5 Å². The maximum Gasteiger partial charge on any atom is 0.264 e. The minimum atomic E-state index is -2.69. The van der Waals surface area contributed by atoms with Crippen molar-refractivity contribution in [2.45, 2.75) is 45.1 Å². The number of piperidine rings is 1. The van der Waals surface area contributed by atoms with Gasteiger partial charge in [0.05, 0.1) is 17.2 Å². The van der Waals surface area contributed by atoms with Crippen LogP contribution in [0.1, 0.15) is 47.9 Å². The van der Waals surface area contributed by atoms with Crippen LogP contribution >= 0.6 is 11.6 Å². The summed E-state index contributed by atoms with van der Waals surface area (Å²) >= 11 is 6.50. The third kappa shape index (κ3) is 4.95. The molecule has 1 saturated heterocycles. The molecular formula is C29H32ClF2N5O. The first-order chi connectivity index (χ1) is 18.3. The summed E-state index contributed by atoms with van der Waals surface area (Å²) in [6.07, 6.45) is 3.73. The third-order valence-corrected chi connectivity index (χ3v) is 7.80. The third-order valence-electron chi connectivity index (χ3n) is 7.58. The summed E-state index contributed by atoms with van der Waals surface area (Å²) in [4.78, 5) is 19.3. The first-order valence-corrected chi connectivity index (χ1v) is 13.3. The highest BCUT2D eigenvalue weighted by atomic mass is 35.5.